The van der Waals surface area contributed by atoms with Crippen LogP contribution >= 0.6 is 11.6 Å². The lowest BCUT2D eigenvalue weighted by molar-refractivity contribution is -0.122. The van der Waals surface area contributed by atoms with Crippen LogP contribution in [0.5, 0.6) is 0 Å². The van der Waals surface area contributed by atoms with Crippen molar-refractivity contribution in [2.75, 3.05) is 0 Å². The van der Waals surface area contributed by atoms with Crippen molar-refractivity contribution in [3.05, 3.63) is 112 Å². The quantitative estimate of drug-likeness (QED) is 0.320. The number of carbonyl (C=O) groups is 1. The van der Waals surface area contributed by atoms with Crippen LogP contribution in [0.2, 0.25) is 5.02 Å². The van der Waals surface area contributed by atoms with Gasteiger partial charge in [-0.15, -0.1) is 0 Å². The van der Waals surface area contributed by atoms with Gasteiger partial charge in [-0.05, 0) is 42.2 Å². The molecule has 0 aliphatic heterocycles. The molecule has 7 heteroatoms. The molecule has 0 fully saturated rings. The van der Waals surface area contributed by atoms with Crippen LogP contribution in [0.25, 0.3) is 21.8 Å². The van der Waals surface area contributed by atoms with Crippen molar-refractivity contribution in [3.63, 3.8) is 0 Å². The van der Waals surface area contributed by atoms with Gasteiger partial charge in [-0.2, -0.15) is 5.10 Å². The summed E-state index contributed by atoms with van der Waals surface area (Å²) in [7, 11) is 0. The first-order chi connectivity index (χ1) is 17.5. The topological polar surface area (TPSA) is 68.9 Å². The molecule has 0 bridgehead atoms. The van der Waals surface area contributed by atoms with Crippen molar-refractivity contribution >= 4 is 39.3 Å². The van der Waals surface area contributed by atoms with E-state index in [0.717, 1.165) is 40.3 Å². The molecule has 2 heterocycles. The summed E-state index contributed by atoms with van der Waals surface area (Å²) in [6.07, 6.45) is 3.20. The number of halogens is 1. The summed E-state index contributed by atoms with van der Waals surface area (Å²) in [6, 6.07) is 25.5. The van der Waals surface area contributed by atoms with E-state index in [1.54, 1.807) is 6.20 Å². The van der Waals surface area contributed by atoms with Gasteiger partial charge in [-0.3, -0.25) is 9.59 Å². The molecular weight excluding hydrogens is 472 g/mol. The van der Waals surface area contributed by atoms with Gasteiger partial charge >= 0.3 is 0 Å². The second kappa shape index (κ2) is 10.4. The highest BCUT2D eigenvalue weighted by Gasteiger charge is 2.18. The minimum absolute atomic E-state index is 0.0198. The molecule has 6 nitrogen and oxygen atoms in total. The minimum atomic E-state index is -0.294. The molecule has 3 aromatic carbocycles. The van der Waals surface area contributed by atoms with Crippen LogP contribution in [0.1, 0.15) is 24.5 Å². The number of benzene rings is 3. The van der Waals surface area contributed by atoms with E-state index in [9.17, 15) is 9.59 Å². The Morgan fingerprint density at radius 2 is 1.72 bits per heavy atom. The molecule has 0 saturated carbocycles. The third kappa shape index (κ3) is 4.90. The van der Waals surface area contributed by atoms with Crippen LogP contribution in [-0.2, 0) is 24.3 Å². The minimum Gasteiger partial charge on any atom is -0.351 e. The first-order valence-corrected chi connectivity index (χ1v) is 12.5. The van der Waals surface area contributed by atoms with Crippen molar-refractivity contribution in [1.29, 1.82) is 0 Å². The number of para-hydroxylation sites is 1. The highest BCUT2D eigenvalue weighted by atomic mass is 35.5. The maximum atomic E-state index is 13.6. The van der Waals surface area contributed by atoms with Gasteiger partial charge in [0.2, 0.25) is 5.91 Å². The molecule has 0 radical (unpaired) electrons. The lowest BCUT2D eigenvalue weighted by atomic mass is 10.0. The van der Waals surface area contributed by atoms with Crippen LogP contribution in [0.15, 0.2) is 89.9 Å². The number of aromatic nitrogens is 3. The summed E-state index contributed by atoms with van der Waals surface area (Å²) in [6.45, 7) is 2.38. The Balaban J connectivity index is 1.46. The average Bonchev–Trinajstić information content (AvgIpc) is 3.20. The molecule has 1 amide bonds. The standard InChI is InChI=1S/C29H27ClN4O2/c1-2-23(16-20-9-4-3-5-10-20)32-27(35)19-34-29(36)28-25(17-31-34)24-13-6-7-14-26(24)33(28)18-21-11-8-12-22(30)15-21/h3-15,17,23H,2,16,18-19H2,1H3,(H,32,35)/t23-/m1/s1. The van der Waals surface area contributed by atoms with Gasteiger partial charge in [-0.25, -0.2) is 4.68 Å². The Hall–Kier alpha value is -3.90. The van der Waals surface area contributed by atoms with E-state index in [-0.39, 0.29) is 24.1 Å². The van der Waals surface area contributed by atoms with E-state index < -0.39 is 0 Å². The third-order valence-corrected chi connectivity index (χ3v) is 6.71. The van der Waals surface area contributed by atoms with Crippen molar-refractivity contribution < 1.29 is 4.79 Å². The molecule has 0 spiro atoms. The normalized spacial score (nSPS) is 12.2. The summed E-state index contributed by atoms with van der Waals surface area (Å²) < 4.78 is 3.24. The molecule has 0 aliphatic carbocycles. The van der Waals surface area contributed by atoms with Gasteiger partial charge in [0.15, 0.2) is 0 Å². The van der Waals surface area contributed by atoms with Crippen LogP contribution < -0.4 is 10.9 Å². The molecule has 2 aromatic heterocycles. The first-order valence-electron chi connectivity index (χ1n) is 12.1. The zero-order valence-corrected chi connectivity index (χ0v) is 20.8. The van der Waals surface area contributed by atoms with E-state index in [1.807, 2.05) is 90.4 Å². The maximum Gasteiger partial charge on any atom is 0.291 e. The second-order valence-corrected chi connectivity index (χ2v) is 9.40. The predicted octanol–water partition coefficient (Wildman–Crippen LogP) is 5.19. The zero-order valence-electron chi connectivity index (χ0n) is 20.0. The Morgan fingerprint density at radius 3 is 2.50 bits per heavy atom. The third-order valence-electron chi connectivity index (χ3n) is 6.48. The number of hydrogen-bond acceptors (Lipinski definition) is 3. The summed E-state index contributed by atoms with van der Waals surface area (Å²) in [4.78, 5) is 26.5. The largest absolute Gasteiger partial charge is 0.351 e. The van der Waals surface area contributed by atoms with E-state index >= 15 is 0 Å². The molecule has 0 unspecified atom stereocenters. The number of nitrogens with one attached hydrogen (secondary N) is 1. The molecule has 0 saturated heterocycles. The fourth-order valence-corrected chi connectivity index (χ4v) is 4.91. The lowest BCUT2D eigenvalue weighted by Crippen LogP contribution is -2.40. The molecule has 1 atom stereocenters. The summed E-state index contributed by atoms with van der Waals surface area (Å²) in [5.74, 6) is -0.232. The number of hydrogen-bond donors (Lipinski definition) is 1. The Morgan fingerprint density at radius 1 is 0.972 bits per heavy atom. The van der Waals surface area contributed by atoms with Crippen LogP contribution in [-0.4, -0.2) is 26.3 Å². The monoisotopic (exact) mass is 498 g/mol. The second-order valence-electron chi connectivity index (χ2n) is 8.97. The molecule has 1 N–H and O–H groups in total. The SMILES string of the molecule is CC[C@H](Cc1ccccc1)NC(=O)Cn1ncc2c3ccccc3n(Cc3cccc(Cl)c3)c2c1=O. The number of carbonyl (C=O) groups excluding carboxylic acids is 1. The Bertz CT molecular complexity index is 1590. The van der Waals surface area contributed by atoms with E-state index in [2.05, 4.69) is 10.4 Å². The molecule has 0 aliphatic rings. The van der Waals surface area contributed by atoms with Gasteiger partial charge < -0.3 is 9.88 Å². The molecule has 5 rings (SSSR count). The number of rotatable bonds is 8. The van der Waals surface area contributed by atoms with E-state index in [4.69, 9.17) is 11.6 Å². The summed E-state index contributed by atoms with van der Waals surface area (Å²) >= 11 is 6.21. The zero-order chi connectivity index (χ0) is 25.1. The maximum absolute atomic E-state index is 13.6. The Labute approximate surface area is 214 Å². The van der Waals surface area contributed by atoms with Crippen molar-refractivity contribution in [2.24, 2.45) is 0 Å². The smallest absolute Gasteiger partial charge is 0.291 e. The number of amides is 1. The highest BCUT2D eigenvalue weighted by Crippen LogP contribution is 2.27. The van der Waals surface area contributed by atoms with E-state index in [0.29, 0.717) is 17.1 Å². The van der Waals surface area contributed by atoms with Crippen molar-refractivity contribution in [3.8, 4) is 0 Å². The van der Waals surface area contributed by atoms with Crippen LogP contribution in [0.3, 0.4) is 0 Å². The van der Waals surface area contributed by atoms with Gasteiger partial charge in [0.05, 0.1) is 6.20 Å². The van der Waals surface area contributed by atoms with E-state index in [1.165, 1.54) is 4.68 Å². The fraction of sp³-hybridized carbons (Fsp3) is 0.207. The fourth-order valence-electron chi connectivity index (χ4n) is 4.69. The highest BCUT2D eigenvalue weighted by molar-refractivity contribution is 6.30. The van der Waals surface area contributed by atoms with Crippen LogP contribution in [0.4, 0.5) is 0 Å². The molecular formula is C29H27ClN4O2. The van der Waals surface area contributed by atoms with Crippen molar-refractivity contribution in [1.82, 2.24) is 19.7 Å². The predicted molar refractivity (Wildman–Crippen MR) is 144 cm³/mol. The number of fused-ring (bicyclic) bond motifs is 3. The van der Waals surface area contributed by atoms with Gasteiger partial charge in [-0.1, -0.05) is 79.2 Å². The average molecular weight is 499 g/mol. The molecule has 36 heavy (non-hydrogen) atoms. The van der Waals surface area contributed by atoms with Gasteiger partial charge in [0.25, 0.3) is 5.56 Å². The Kier molecular flexibility index (Phi) is 6.87. The molecule has 182 valence electrons. The van der Waals surface area contributed by atoms with Crippen LogP contribution in [0, 0.1) is 0 Å². The summed E-state index contributed by atoms with van der Waals surface area (Å²) in [5, 5.41) is 9.78. The summed E-state index contributed by atoms with van der Waals surface area (Å²) in [5.41, 5.74) is 3.30. The van der Waals surface area contributed by atoms with Gasteiger partial charge in [0.1, 0.15) is 12.1 Å². The molecule has 5 aromatic rings. The lowest BCUT2D eigenvalue weighted by Gasteiger charge is -2.17. The van der Waals surface area contributed by atoms with Crippen molar-refractivity contribution in [2.45, 2.75) is 38.9 Å². The number of nitrogens with zero attached hydrogens (tertiary/aromatic N) is 3. The first kappa shape index (κ1) is 23.8. The van der Waals surface area contributed by atoms with Gasteiger partial charge in [0, 0.05) is 33.9 Å².